The summed E-state index contributed by atoms with van der Waals surface area (Å²) in [6.07, 6.45) is 0. The van der Waals surface area contributed by atoms with Gasteiger partial charge >= 0.3 is 0 Å². The first-order valence-electron chi connectivity index (χ1n) is 7.17. The fourth-order valence-corrected chi connectivity index (χ4v) is 2.71. The quantitative estimate of drug-likeness (QED) is 0.806. The Labute approximate surface area is 129 Å². The van der Waals surface area contributed by atoms with E-state index in [1.165, 1.54) is 0 Å². The van der Waals surface area contributed by atoms with Crippen molar-refractivity contribution < 1.29 is 9.47 Å². The van der Waals surface area contributed by atoms with Crippen LogP contribution in [0.1, 0.15) is 13.8 Å². The number of aromatic nitrogens is 3. The summed E-state index contributed by atoms with van der Waals surface area (Å²) in [5.74, 6) is 1.24. The van der Waals surface area contributed by atoms with Crippen LogP contribution < -0.4 is 9.80 Å². The van der Waals surface area contributed by atoms with Crippen LogP contribution in [0.25, 0.3) is 0 Å². The van der Waals surface area contributed by atoms with Gasteiger partial charge in [0.2, 0.25) is 17.2 Å². The van der Waals surface area contributed by atoms with Gasteiger partial charge in [0.05, 0.1) is 25.4 Å². The highest BCUT2D eigenvalue weighted by molar-refractivity contribution is 6.28. The van der Waals surface area contributed by atoms with Gasteiger partial charge in [0.15, 0.2) is 0 Å². The average molecular weight is 314 g/mol. The van der Waals surface area contributed by atoms with E-state index in [4.69, 9.17) is 21.1 Å². The Morgan fingerprint density at radius 3 is 2.24 bits per heavy atom. The molecule has 0 spiro atoms. The molecule has 0 atom stereocenters. The van der Waals surface area contributed by atoms with Gasteiger partial charge in [-0.05, 0) is 25.4 Å². The SMILES string of the molecule is CC1(C)CN(c2nc(Cl)nc(N3CCOCC3)n2)CCO1. The monoisotopic (exact) mass is 313 g/mol. The van der Waals surface area contributed by atoms with Gasteiger partial charge < -0.3 is 19.3 Å². The maximum absolute atomic E-state index is 6.08. The molecule has 2 fully saturated rings. The second-order valence-corrected chi connectivity index (χ2v) is 6.17. The second kappa shape index (κ2) is 5.90. The lowest BCUT2D eigenvalue weighted by atomic mass is 10.1. The third kappa shape index (κ3) is 3.53. The molecule has 1 aromatic rings. The van der Waals surface area contributed by atoms with Crippen molar-refractivity contribution in [1.29, 1.82) is 0 Å². The lowest BCUT2D eigenvalue weighted by molar-refractivity contribution is -0.0281. The van der Waals surface area contributed by atoms with Gasteiger partial charge in [-0.1, -0.05) is 0 Å². The van der Waals surface area contributed by atoms with Crippen LogP contribution in [-0.4, -0.2) is 66.6 Å². The van der Waals surface area contributed by atoms with Crippen molar-refractivity contribution in [2.24, 2.45) is 0 Å². The van der Waals surface area contributed by atoms with E-state index in [0.29, 0.717) is 31.7 Å². The van der Waals surface area contributed by atoms with Crippen LogP contribution in [0.15, 0.2) is 0 Å². The molecule has 0 radical (unpaired) electrons. The molecule has 0 N–H and O–H groups in total. The van der Waals surface area contributed by atoms with Crippen molar-refractivity contribution in [2.75, 3.05) is 55.8 Å². The largest absolute Gasteiger partial charge is 0.378 e. The first-order valence-corrected chi connectivity index (χ1v) is 7.54. The van der Waals surface area contributed by atoms with Crippen molar-refractivity contribution in [3.05, 3.63) is 5.28 Å². The number of hydrogen-bond donors (Lipinski definition) is 0. The fourth-order valence-electron chi connectivity index (χ4n) is 2.56. The van der Waals surface area contributed by atoms with E-state index in [1.54, 1.807) is 0 Å². The molecule has 1 aromatic heterocycles. The van der Waals surface area contributed by atoms with Gasteiger partial charge in [-0.25, -0.2) is 0 Å². The number of hydrogen-bond acceptors (Lipinski definition) is 7. The van der Waals surface area contributed by atoms with Crippen molar-refractivity contribution >= 4 is 23.5 Å². The average Bonchev–Trinajstić information content (AvgIpc) is 2.46. The van der Waals surface area contributed by atoms with Gasteiger partial charge in [0.1, 0.15) is 0 Å². The summed E-state index contributed by atoms with van der Waals surface area (Å²) in [4.78, 5) is 17.3. The Hall–Kier alpha value is -1.18. The summed E-state index contributed by atoms with van der Waals surface area (Å²) in [5.41, 5.74) is -0.212. The van der Waals surface area contributed by atoms with E-state index < -0.39 is 0 Å². The predicted molar refractivity (Wildman–Crippen MR) is 80.1 cm³/mol. The molecule has 8 heteroatoms. The van der Waals surface area contributed by atoms with Crippen LogP contribution in [0.2, 0.25) is 5.28 Å². The summed E-state index contributed by atoms with van der Waals surface area (Å²) in [5, 5.41) is 0.228. The predicted octanol–water partition coefficient (Wildman–Crippen LogP) is 0.977. The summed E-state index contributed by atoms with van der Waals surface area (Å²) in [7, 11) is 0. The molecular weight excluding hydrogens is 294 g/mol. The molecule has 21 heavy (non-hydrogen) atoms. The Balaban J connectivity index is 1.83. The van der Waals surface area contributed by atoms with Gasteiger partial charge in [-0.15, -0.1) is 0 Å². The van der Waals surface area contributed by atoms with Crippen LogP contribution in [0, 0.1) is 0 Å². The second-order valence-electron chi connectivity index (χ2n) is 5.83. The highest BCUT2D eigenvalue weighted by Crippen LogP contribution is 2.23. The maximum Gasteiger partial charge on any atom is 0.231 e. The molecule has 0 bridgehead atoms. The summed E-state index contributed by atoms with van der Waals surface area (Å²) in [6, 6.07) is 0. The van der Waals surface area contributed by atoms with Gasteiger partial charge in [-0.2, -0.15) is 15.0 Å². The lowest BCUT2D eigenvalue weighted by Crippen LogP contribution is -2.49. The molecule has 2 aliphatic heterocycles. The molecule has 7 nitrogen and oxygen atoms in total. The number of anilines is 2. The van der Waals surface area contributed by atoms with E-state index in [1.807, 2.05) is 0 Å². The molecule has 0 amide bonds. The minimum atomic E-state index is -0.212. The molecule has 0 aliphatic carbocycles. The summed E-state index contributed by atoms with van der Waals surface area (Å²) < 4.78 is 11.1. The zero-order valence-electron chi connectivity index (χ0n) is 12.4. The van der Waals surface area contributed by atoms with Crippen molar-refractivity contribution in [3.63, 3.8) is 0 Å². The number of halogens is 1. The number of nitrogens with zero attached hydrogens (tertiary/aromatic N) is 5. The molecule has 2 saturated heterocycles. The van der Waals surface area contributed by atoms with Crippen LogP contribution in [0.3, 0.4) is 0 Å². The Morgan fingerprint density at radius 2 is 1.57 bits per heavy atom. The molecule has 0 saturated carbocycles. The highest BCUT2D eigenvalue weighted by Gasteiger charge is 2.29. The standard InChI is InChI=1S/C13H20ClN5O2/c1-13(2)9-19(5-8-21-13)12-16-10(14)15-11(17-12)18-3-6-20-7-4-18/h3-9H2,1-2H3. The van der Waals surface area contributed by atoms with E-state index in [0.717, 1.165) is 26.2 Å². The Bertz CT molecular complexity index is 507. The minimum absolute atomic E-state index is 0.212. The fraction of sp³-hybridized carbons (Fsp3) is 0.769. The Morgan fingerprint density at radius 1 is 0.952 bits per heavy atom. The summed E-state index contributed by atoms with van der Waals surface area (Å²) >= 11 is 6.08. The van der Waals surface area contributed by atoms with Crippen LogP contribution in [0.4, 0.5) is 11.9 Å². The van der Waals surface area contributed by atoms with E-state index in [-0.39, 0.29) is 10.9 Å². The zero-order chi connectivity index (χ0) is 14.9. The third-order valence-electron chi connectivity index (χ3n) is 3.59. The highest BCUT2D eigenvalue weighted by atomic mass is 35.5. The van der Waals surface area contributed by atoms with Crippen LogP contribution >= 0.6 is 11.6 Å². The number of rotatable bonds is 2. The zero-order valence-corrected chi connectivity index (χ0v) is 13.1. The molecule has 3 heterocycles. The lowest BCUT2D eigenvalue weighted by Gasteiger charge is -2.38. The van der Waals surface area contributed by atoms with E-state index in [2.05, 4.69) is 38.6 Å². The van der Waals surface area contributed by atoms with Crippen LogP contribution in [-0.2, 0) is 9.47 Å². The molecular formula is C13H20ClN5O2. The molecule has 0 unspecified atom stereocenters. The van der Waals surface area contributed by atoms with E-state index in [9.17, 15) is 0 Å². The molecule has 0 aromatic carbocycles. The normalized spacial score (nSPS) is 22.4. The van der Waals surface area contributed by atoms with Crippen molar-refractivity contribution in [3.8, 4) is 0 Å². The Kier molecular flexibility index (Phi) is 4.14. The van der Waals surface area contributed by atoms with Crippen molar-refractivity contribution in [2.45, 2.75) is 19.4 Å². The van der Waals surface area contributed by atoms with E-state index >= 15 is 0 Å². The van der Waals surface area contributed by atoms with Gasteiger partial charge in [0, 0.05) is 26.2 Å². The van der Waals surface area contributed by atoms with Crippen LogP contribution in [0.5, 0.6) is 0 Å². The third-order valence-corrected chi connectivity index (χ3v) is 3.76. The first kappa shape index (κ1) is 14.7. The molecule has 2 aliphatic rings. The molecule has 3 rings (SSSR count). The number of morpholine rings is 2. The molecule has 116 valence electrons. The first-order chi connectivity index (χ1) is 10.0. The van der Waals surface area contributed by atoms with Gasteiger partial charge in [0.25, 0.3) is 0 Å². The van der Waals surface area contributed by atoms with Crippen molar-refractivity contribution in [1.82, 2.24) is 15.0 Å². The maximum atomic E-state index is 6.08. The van der Waals surface area contributed by atoms with Gasteiger partial charge in [-0.3, -0.25) is 0 Å². The summed E-state index contributed by atoms with van der Waals surface area (Å²) in [6.45, 7) is 9.18. The minimum Gasteiger partial charge on any atom is -0.378 e. The topological polar surface area (TPSA) is 63.6 Å². The smallest absolute Gasteiger partial charge is 0.231 e. The number of ether oxygens (including phenoxy) is 2.